The van der Waals surface area contributed by atoms with Gasteiger partial charge in [0.15, 0.2) is 0 Å². The van der Waals surface area contributed by atoms with Crippen LogP contribution in [-0.4, -0.2) is 42.7 Å². The highest BCUT2D eigenvalue weighted by Gasteiger charge is 2.30. The fraction of sp³-hybridized carbons (Fsp3) is 0.389. The molecule has 7 heteroatoms. The first-order valence-corrected chi connectivity index (χ1v) is 8.19. The lowest BCUT2D eigenvalue weighted by Gasteiger charge is -2.36. The third-order valence-electron chi connectivity index (χ3n) is 4.25. The molecule has 1 saturated heterocycles. The number of pyridine rings is 1. The molecule has 0 bridgehead atoms. The van der Waals surface area contributed by atoms with E-state index in [0.717, 1.165) is 37.3 Å². The molecule has 1 aromatic carbocycles. The summed E-state index contributed by atoms with van der Waals surface area (Å²) in [6, 6.07) is 8.99. The quantitative estimate of drug-likeness (QED) is 0.898. The van der Waals surface area contributed by atoms with Gasteiger partial charge in [-0.15, -0.1) is 0 Å². The summed E-state index contributed by atoms with van der Waals surface area (Å²) in [7, 11) is 0. The first kappa shape index (κ1) is 17.7. The second-order valence-corrected chi connectivity index (χ2v) is 5.91. The van der Waals surface area contributed by atoms with Crippen LogP contribution in [0.2, 0.25) is 0 Å². The zero-order valence-corrected chi connectivity index (χ0v) is 13.7. The van der Waals surface area contributed by atoms with E-state index in [1.807, 2.05) is 18.3 Å². The average Bonchev–Trinajstić information content (AvgIpc) is 2.63. The van der Waals surface area contributed by atoms with E-state index in [9.17, 15) is 13.2 Å². The van der Waals surface area contributed by atoms with Gasteiger partial charge in [0, 0.05) is 44.6 Å². The van der Waals surface area contributed by atoms with Crippen molar-refractivity contribution in [3.63, 3.8) is 0 Å². The smallest absolute Gasteiger partial charge is 0.416 e. The number of piperazine rings is 1. The number of nitrogens with zero attached hydrogens (tertiary/aromatic N) is 2. The molecule has 1 aliphatic rings. The van der Waals surface area contributed by atoms with E-state index >= 15 is 0 Å². The highest BCUT2D eigenvalue weighted by Crippen LogP contribution is 2.30. The van der Waals surface area contributed by atoms with Gasteiger partial charge in [0.05, 0.1) is 5.56 Å². The molecule has 2 heterocycles. The van der Waals surface area contributed by atoms with Crippen LogP contribution in [0.25, 0.3) is 0 Å². The van der Waals surface area contributed by atoms with E-state index in [4.69, 9.17) is 4.74 Å². The number of halogens is 3. The van der Waals surface area contributed by atoms with E-state index in [1.165, 1.54) is 12.1 Å². The predicted octanol–water partition coefficient (Wildman–Crippen LogP) is 3.13. The first-order valence-electron chi connectivity index (χ1n) is 8.19. The topological polar surface area (TPSA) is 37.4 Å². The van der Waals surface area contributed by atoms with Crippen molar-refractivity contribution in [2.45, 2.75) is 12.2 Å². The van der Waals surface area contributed by atoms with Gasteiger partial charge in [0.2, 0.25) is 0 Å². The Bertz CT molecular complexity index is 662. The Balaban J connectivity index is 1.55. The second kappa shape index (κ2) is 7.84. The predicted molar refractivity (Wildman–Crippen MR) is 88.4 cm³/mol. The van der Waals surface area contributed by atoms with Crippen LogP contribution in [0.3, 0.4) is 0 Å². The Kier molecular flexibility index (Phi) is 5.55. The monoisotopic (exact) mass is 351 g/mol. The molecule has 0 spiro atoms. The fourth-order valence-corrected chi connectivity index (χ4v) is 2.94. The molecule has 4 nitrogen and oxygen atoms in total. The second-order valence-electron chi connectivity index (χ2n) is 5.91. The number of hydrogen-bond acceptors (Lipinski definition) is 4. The van der Waals surface area contributed by atoms with Crippen LogP contribution in [0.4, 0.5) is 13.2 Å². The van der Waals surface area contributed by atoms with Crippen LogP contribution < -0.4 is 10.1 Å². The fourth-order valence-electron chi connectivity index (χ4n) is 2.94. The molecule has 1 N–H and O–H groups in total. The largest absolute Gasteiger partial charge is 0.492 e. The van der Waals surface area contributed by atoms with Crippen molar-refractivity contribution in [1.82, 2.24) is 15.2 Å². The van der Waals surface area contributed by atoms with E-state index < -0.39 is 11.7 Å². The summed E-state index contributed by atoms with van der Waals surface area (Å²) in [5.74, 6) is 0.445. The maximum absolute atomic E-state index is 12.6. The molecule has 0 radical (unpaired) electrons. The minimum atomic E-state index is -4.32. The normalized spacial score (nSPS) is 18.9. The summed E-state index contributed by atoms with van der Waals surface area (Å²) in [4.78, 5) is 6.48. The molecule has 1 fully saturated rings. The number of hydrogen-bond donors (Lipinski definition) is 1. The number of aromatic nitrogens is 1. The molecule has 2 aromatic rings. The highest BCUT2D eigenvalue weighted by molar-refractivity contribution is 5.28. The lowest BCUT2D eigenvalue weighted by molar-refractivity contribution is -0.137. The SMILES string of the molecule is FC(F)(F)c1ccc(OCCN2CCNCC2c2cccnc2)cc1. The Morgan fingerprint density at radius 3 is 2.68 bits per heavy atom. The van der Waals surface area contributed by atoms with Gasteiger partial charge in [0.1, 0.15) is 12.4 Å². The van der Waals surface area contributed by atoms with Crippen molar-refractivity contribution in [2.75, 3.05) is 32.8 Å². The molecule has 0 saturated carbocycles. The molecule has 1 aromatic heterocycles. The maximum atomic E-state index is 12.6. The lowest BCUT2D eigenvalue weighted by Crippen LogP contribution is -2.47. The van der Waals surface area contributed by atoms with Crippen LogP contribution in [0.15, 0.2) is 48.8 Å². The van der Waals surface area contributed by atoms with Crippen molar-refractivity contribution in [1.29, 1.82) is 0 Å². The van der Waals surface area contributed by atoms with Crippen LogP contribution in [0.5, 0.6) is 5.75 Å². The molecule has 3 rings (SSSR count). The maximum Gasteiger partial charge on any atom is 0.416 e. The summed E-state index contributed by atoms with van der Waals surface area (Å²) in [5, 5.41) is 3.37. The Hall–Kier alpha value is -2.12. The van der Waals surface area contributed by atoms with Crippen molar-refractivity contribution in [2.24, 2.45) is 0 Å². The third-order valence-corrected chi connectivity index (χ3v) is 4.25. The molecule has 25 heavy (non-hydrogen) atoms. The van der Waals surface area contributed by atoms with Crippen LogP contribution >= 0.6 is 0 Å². The molecule has 134 valence electrons. The molecule has 1 unspecified atom stereocenters. The molecule has 1 aliphatic heterocycles. The summed E-state index contributed by atoms with van der Waals surface area (Å²) < 4.78 is 43.3. The standard InChI is InChI=1S/C18H20F3N3O/c19-18(20,21)15-3-5-16(6-4-15)25-11-10-24-9-8-23-13-17(24)14-2-1-7-22-12-14/h1-7,12,17,23H,8-11,13H2. The van der Waals surface area contributed by atoms with E-state index in [1.54, 1.807) is 6.20 Å². The molecular formula is C18H20F3N3O. The lowest BCUT2D eigenvalue weighted by atomic mass is 10.1. The highest BCUT2D eigenvalue weighted by atomic mass is 19.4. The Labute approximate surface area is 144 Å². The minimum absolute atomic E-state index is 0.221. The zero-order chi connectivity index (χ0) is 17.7. The number of rotatable bonds is 5. The van der Waals surface area contributed by atoms with Gasteiger partial charge >= 0.3 is 6.18 Å². The summed E-state index contributed by atoms with van der Waals surface area (Å²) in [5.41, 5.74) is 0.475. The number of alkyl halides is 3. The Morgan fingerprint density at radius 2 is 2.00 bits per heavy atom. The van der Waals surface area contributed by atoms with Gasteiger partial charge in [-0.1, -0.05) is 6.07 Å². The Morgan fingerprint density at radius 1 is 1.20 bits per heavy atom. The average molecular weight is 351 g/mol. The van der Waals surface area contributed by atoms with Gasteiger partial charge in [-0.3, -0.25) is 9.88 Å². The summed E-state index contributed by atoms with van der Waals surface area (Å²) in [6.45, 7) is 3.74. The van der Waals surface area contributed by atoms with Crippen molar-refractivity contribution in [3.05, 3.63) is 59.9 Å². The van der Waals surface area contributed by atoms with Crippen molar-refractivity contribution < 1.29 is 17.9 Å². The van der Waals surface area contributed by atoms with Crippen molar-refractivity contribution >= 4 is 0 Å². The molecular weight excluding hydrogens is 331 g/mol. The minimum Gasteiger partial charge on any atom is -0.492 e. The van der Waals surface area contributed by atoms with Crippen LogP contribution in [0.1, 0.15) is 17.2 Å². The first-order chi connectivity index (χ1) is 12.0. The zero-order valence-electron chi connectivity index (χ0n) is 13.7. The summed E-state index contributed by atoms with van der Waals surface area (Å²) in [6.07, 6.45) is -0.713. The van der Waals surface area contributed by atoms with Gasteiger partial charge in [0.25, 0.3) is 0 Å². The van der Waals surface area contributed by atoms with E-state index in [-0.39, 0.29) is 6.04 Å². The summed E-state index contributed by atoms with van der Waals surface area (Å²) >= 11 is 0. The third kappa shape index (κ3) is 4.70. The number of nitrogens with one attached hydrogen (secondary N) is 1. The van der Waals surface area contributed by atoms with Gasteiger partial charge < -0.3 is 10.1 Å². The number of ether oxygens (including phenoxy) is 1. The molecule has 0 amide bonds. The molecule has 0 aliphatic carbocycles. The van der Waals surface area contributed by atoms with Gasteiger partial charge in [-0.05, 0) is 35.9 Å². The van der Waals surface area contributed by atoms with Gasteiger partial charge in [-0.2, -0.15) is 13.2 Å². The van der Waals surface area contributed by atoms with Crippen LogP contribution in [0, 0.1) is 0 Å². The van der Waals surface area contributed by atoms with Gasteiger partial charge in [-0.25, -0.2) is 0 Å². The molecule has 1 atom stereocenters. The van der Waals surface area contributed by atoms with Crippen molar-refractivity contribution in [3.8, 4) is 5.75 Å². The van der Waals surface area contributed by atoms with E-state index in [2.05, 4.69) is 15.2 Å². The van der Waals surface area contributed by atoms with E-state index in [0.29, 0.717) is 18.9 Å². The number of benzene rings is 1. The van der Waals surface area contributed by atoms with Crippen LogP contribution in [-0.2, 0) is 6.18 Å².